The first-order valence-corrected chi connectivity index (χ1v) is 16.4. The highest BCUT2D eigenvalue weighted by Gasteiger charge is 2.14. The normalized spacial score (nSPS) is 14.9. The van der Waals surface area contributed by atoms with Gasteiger partial charge in [-0.1, -0.05) is 79.8 Å². The minimum Gasteiger partial charge on any atom is -0.479 e. The highest BCUT2D eigenvalue weighted by atomic mass is 32.3. The molecule has 262 valence electrons. The topological polar surface area (TPSA) is 227 Å². The van der Waals surface area contributed by atoms with Gasteiger partial charge in [0.2, 0.25) is 0 Å². The van der Waals surface area contributed by atoms with E-state index >= 15 is 0 Å². The summed E-state index contributed by atoms with van der Waals surface area (Å²) in [4.78, 5) is 19.4. The van der Waals surface area contributed by atoms with Crippen molar-refractivity contribution in [2.75, 3.05) is 26.6 Å². The molecule has 0 amide bonds. The number of aliphatic hydroxyl groups is 1. The molecule has 13 nitrogen and oxygen atoms in total. The van der Waals surface area contributed by atoms with Gasteiger partial charge in [0, 0.05) is 22.1 Å². The van der Waals surface area contributed by atoms with Gasteiger partial charge >= 0.3 is 43.6 Å². The van der Waals surface area contributed by atoms with Gasteiger partial charge in [0.05, 0.1) is 6.61 Å². The fourth-order valence-electron chi connectivity index (χ4n) is 3.51. The molecule has 0 unspecified atom stereocenters. The molecule has 0 atom stereocenters. The lowest BCUT2D eigenvalue weighted by molar-refractivity contribution is -0.145. The lowest BCUT2D eigenvalue weighted by Gasteiger charge is -2.20. The molecule has 0 spiro atoms. The average molecular weight is 718 g/mol. The Bertz CT molecular complexity index is 899. The van der Waals surface area contributed by atoms with E-state index in [2.05, 4.69) is 20.2 Å². The summed E-state index contributed by atoms with van der Waals surface area (Å²) in [6, 6.07) is 0. The van der Waals surface area contributed by atoms with E-state index in [0.29, 0.717) is 19.1 Å². The maximum absolute atomic E-state index is 11.7. The third kappa shape index (κ3) is 83.5. The van der Waals surface area contributed by atoms with Crippen molar-refractivity contribution < 1.29 is 83.2 Å². The molecule has 2 rings (SSSR count). The van der Waals surface area contributed by atoms with Crippen molar-refractivity contribution in [2.24, 2.45) is 11.8 Å². The molecule has 4 radical (unpaired) electrons. The van der Waals surface area contributed by atoms with Gasteiger partial charge in [-0.05, 0) is 24.7 Å². The van der Waals surface area contributed by atoms with Crippen LogP contribution in [-0.2, 0) is 45.9 Å². The van der Waals surface area contributed by atoms with Crippen LogP contribution in [0.1, 0.15) is 77.0 Å². The predicted molar refractivity (Wildman–Crippen MR) is 148 cm³/mol. The Morgan fingerprint density at radius 2 is 0.955 bits per heavy atom. The highest BCUT2D eigenvalue weighted by molar-refractivity contribution is 7.81. The van der Waals surface area contributed by atoms with Crippen LogP contribution in [0.2, 0.25) is 0 Å². The van der Waals surface area contributed by atoms with Crippen LogP contribution < -0.4 is 0 Å². The van der Waals surface area contributed by atoms with Crippen LogP contribution in [0.5, 0.6) is 0 Å². The largest absolute Gasteiger partial charge is 0.479 e. The van der Waals surface area contributed by atoms with Crippen molar-refractivity contribution in [3.05, 3.63) is 0 Å². The summed E-state index contributed by atoms with van der Waals surface area (Å²) in [7, 11) is -8.00. The van der Waals surface area contributed by atoms with Gasteiger partial charge in [-0.3, -0.25) is 9.11 Å². The van der Waals surface area contributed by atoms with Crippen molar-refractivity contribution in [1.29, 1.82) is 0 Å². The number of carboxylic acid groups (broad SMARTS) is 1. The van der Waals surface area contributed by atoms with Gasteiger partial charge in [0.1, 0.15) is 0 Å². The molecule has 44 heavy (non-hydrogen) atoms. The summed E-state index contributed by atoms with van der Waals surface area (Å²) in [6.07, 6.45) is 15.3. The number of carboxylic acids is 1. The van der Waals surface area contributed by atoms with Crippen LogP contribution >= 0.6 is 0 Å². The minimum atomic E-state index is -5.67. The zero-order valence-electron chi connectivity index (χ0n) is 23.6. The first-order valence-electron chi connectivity index (χ1n) is 12.4. The maximum Gasteiger partial charge on any atom is 0.476 e. The molecule has 4 N–H and O–H groups in total. The summed E-state index contributed by atoms with van der Waals surface area (Å²) < 4.78 is 132. The molecule has 2 aliphatic carbocycles. The van der Waals surface area contributed by atoms with Crippen LogP contribution in [0, 0.1) is 11.8 Å². The van der Waals surface area contributed by atoms with Gasteiger partial charge in [-0.25, -0.2) is 18.4 Å². The van der Waals surface area contributed by atoms with Crippen molar-refractivity contribution in [3.63, 3.8) is 0 Å². The minimum absolute atomic E-state index is 0.394. The second-order valence-electron chi connectivity index (χ2n) is 8.40. The number of halogens is 6. The number of ether oxygens (including phenoxy) is 1. The summed E-state index contributed by atoms with van der Waals surface area (Å²) in [6.45, 7) is -1.48. The highest BCUT2D eigenvalue weighted by Crippen LogP contribution is 2.26. The van der Waals surface area contributed by atoms with Gasteiger partial charge in [0.15, 0.2) is 13.3 Å². The third-order valence-electron chi connectivity index (χ3n) is 5.00. The van der Waals surface area contributed by atoms with E-state index in [9.17, 15) is 29.1 Å². The number of hydrogen-bond acceptors (Lipinski definition) is 10. The Morgan fingerprint density at radius 3 is 1.18 bits per heavy atom. The van der Waals surface area contributed by atoms with E-state index in [0.717, 1.165) is 18.8 Å². The lowest BCUT2D eigenvalue weighted by Crippen LogP contribution is -2.13. The number of esters is 1. The number of alkyl halides is 2. The lowest BCUT2D eigenvalue weighted by atomic mass is 9.81. The Morgan fingerprint density at radius 1 is 0.682 bits per heavy atom. The van der Waals surface area contributed by atoms with E-state index in [1.54, 1.807) is 0 Å². The van der Waals surface area contributed by atoms with Crippen LogP contribution in [0.4, 0.5) is 24.3 Å². The van der Waals surface area contributed by atoms with Crippen molar-refractivity contribution in [3.8, 4) is 0 Å². The fraction of sp³-hybridized carbons (Fsp3) is 0.900. The molecule has 0 aromatic rings. The molecular formula is C20H38B2F6O13S3. The van der Waals surface area contributed by atoms with Crippen LogP contribution in [-0.4, -0.2) is 98.5 Å². The Balaban J connectivity index is -0.000000144. The van der Waals surface area contributed by atoms with E-state index in [1.807, 2.05) is 0 Å². The SMILES string of the molecule is O=C(CF)OCCC1CCCCC1.O=C(O)CF.O=S(=O)(F)F.O=S(=O)(F)F.O=S(=O)(O)O.OCCC1CCCCC1.[B][B]. The Hall–Kier alpha value is -1.62. The predicted octanol–water partition coefficient (Wildman–Crippen LogP) is 3.39. The van der Waals surface area contributed by atoms with E-state index < -0.39 is 56.9 Å². The summed E-state index contributed by atoms with van der Waals surface area (Å²) in [5.41, 5.74) is 0. The van der Waals surface area contributed by atoms with Crippen LogP contribution in [0.25, 0.3) is 0 Å². The maximum atomic E-state index is 11.7. The molecule has 2 aliphatic rings. The molecule has 0 bridgehead atoms. The summed E-state index contributed by atoms with van der Waals surface area (Å²) in [5.74, 6) is -0.592. The van der Waals surface area contributed by atoms with E-state index in [-0.39, 0.29) is 0 Å². The molecular weight excluding hydrogens is 680 g/mol. The van der Waals surface area contributed by atoms with Gasteiger partial charge in [0.25, 0.3) is 0 Å². The van der Waals surface area contributed by atoms with Gasteiger partial charge in [-0.2, -0.15) is 25.3 Å². The van der Waals surface area contributed by atoms with Gasteiger partial charge < -0.3 is 14.9 Å². The van der Waals surface area contributed by atoms with Crippen molar-refractivity contribution in [1.82, 2.24) is 0 Å². The molecule has 0 heterocycles. The summed E-state index contributed by atoms with van der Waals surface area (Å²) >= 11 is 0. The molecule has 2 saturated carbocycles. The average Bonchev–Trinajstić information content (AvgIpc) is 2.89. The quantitative estimate of drug-likeness (QED) is 0.0975. The zero-order chi connectivity index (χ0) is 35.8. The standard InChI is InChI=1S/C10H17FO2.C8H16O.C2H3FO2.B2.2F2O2S.H2O4S/c11-8-10(12)13-7-6-9-4-2-1-3-5-9;9-7-6-8-4-2-1-3-5-8;3-1-2(4)5;1-2;3*1-5(2,3)4/h9H,1-8H2;8-9H,1-7H2;1H2,(H,4,5);;;;(H2,1,2,3,4). The second-order valence-corrected chi connectivity index (χ2v) is 10.8. The smallest absolute Gasteiger partial charge is 0.476 e. The van der Waals surface area contributed by atoms with E-state index in [1.165, 1.54) is 64.2 Å². The van der Waals surface area contributed by atoms with Crippen LogP contribution in [0.15, 0.2) is 0 Å². The second kappa shape index (κ2) is 32.8. The number of carbonyl (C=O) groups is 2. The number of aliphatic carboxylic acids is 1. The number of rotatable bonds is 7. The first-order chi connectivity index (χ1) is 20.0. The fourth-order valence-corrected chi connectivity index (χ4v) is 3.51. The number of aliphatic hydroxyl groups excluding tert-OH is 1. The van der Waals surface area contributed by atoms with Crippen molar-refractivity contribution >= 4 is 59.0 Å². The third-order valence-corrected chi connectivity index (χ3v) is 5.00. The molecule has 24 heteroatoms. The van der Waals surface area contributed by atoms with Gasteiger partial charge in [-0.15, -0.1) is 0 Å². The molecule has 0 saturated heterocycles. The summed E-state index contributed by atoms with van der Waals surface area (Å²) in [5, 5.41) is 16.0. The molecule has 0 aromatic heterocycles. The van der Waals surface area contributed by atoms with Crippen molar-refractivity contribution in [2.45, 2.75) is 77.0 Å². The van der Waals surface area contributed by atoms with Crippen LogP contribution in [0.3, 0.4) is 0 Å². The first kappa shape index (κ1) is 51.9. The molecule has 0 aromatic carbocycles. The molecule has 0 aliphatic heterocycles. The number of carbonyl (C=O) groups excluding carboxylic acids is 1. The number of hydrogen-bond donors (Lipinski definition) is 4. The monoisotopic (exact) mass is 718 g/mol. The molecule has 2 fully saturated rings. The van der Waals surface area contributed by atoms with E-state index in [4.69, 9.17) is 49.4 Å². The zero-order valence-corrected chi connectivity index (χ0v) is 26.0. The Kier molecular flexibility index (Phi) is 38.7. The Labute approximate surface area is 257 Å².